The molecule has 3 aromatic rings. The maximum Gasteiger partial charge on any atom is 0.255 e. The van der Waals surface area contributed by atoms with E-state index < -0.39 is 15.9 Å². The highest BCUT2D eigenvalue weighted by molar-refractivity contribution is 7.89. The van der Waals surface area contributed by atoms with Gasteiger partial charge in [-0.2, -0.15) is 4.31 Å². The summed E-state index contributed by atoms with van der Waals surface area (Å²) in [4.78, 5) is 17.4. The Balaban J connectivity index is 1.56. The zero-order valence-corrected chi connectivity index (χ0v) is 19.8. The Morgan fingerprint density at radius 2 is 2.00 bits per heavy atom. The quantitative estimate of drug-likeness (QED) is 0.522. The fourth-order valence-corrected chi connectivity index (χ4v) is 5.78. The summed E-state index contributed by atoms with van der Waals surface area (Å²) in [6.07, 6.45) is 0.536. The molecule has 10 heteroatoms. The zero-order valence-electron chi connectivity index (χ0n) is 18.2. The van der Waals surface area contributed by atoms with E-state index in [1.165, 1.54) is 21.7 Å². The molecule has 1 saturated heterocycles. The van der Waals surface area contributed by atoms with Crippen LogP contribution in [0.25, 0.3) is 0 Å². The minimum Gasteiger partial charge on any atom is -0.485 e. The SMILES string of the molecule is CCc1ccc(C(=O)Nc2ccccc2OCc2cscn2)cc1S(=O)(=O)N1CCOCC1. The number of morpholine rings is 1. The van der Waals surface area contributed by atoms with E-state index in [0.29, 0.717) is 49.7 Å². The summed E-state index contributed by atoms with van der Waals surface area (Å²) in [5, 5.41) is 4.74. The van der Waals surface area contributed by atoms with Gasteiger partial charge in [0.2, 0.25) is 10.0 Å². The van der Waals surface area contributed by atoms with Crippen molar-refractivity contribution in [1.82, 2.24) is 9.29 Å². The third-order valence-corrected chi connectivity index (χ3v) is 7.91. The molecule has 2 aromatic carbocycles. The number of aromatic nitrogens is 1. The first-order valence-electron chi connectivity index (χ1n) is 10.6. The van der Waals surface area contributed by atoms with Gasteiger partial charge in [-0.1, -0.05) is 25.1 Å². The largest absolute Gasteiger partial charge is 0.485 e. The number of carbonyl (C=O) groups excluding carboxylic acids is 1. The lowest BCUT2D eigenvalue weighted by molar-refractivity contribution is 0.0730. The highest BCUT2D eigenvalue weighted by Gasteiger charge is 2.29. The average molecular weight is 488 g/mol. The number of nitrogens with zero attached hydrogens (tertiary/aromatic N) is 2. The number of hydrogen-bond donors (Lipinski definition) is 1. The van der Waals surface area contributed by atoms with E-state index in [-0.39, 0.29) is 17.1 Å². The number of hydrogen-bond acceptors (Lipinski definition) is 7. The Morgan fingerprint density at radius 3 is 2.73 bits per heavy atom. The van der Waals surface area contributed by atoms with E-state index in [0.717, 1.165) is 5.69 Å². The summed E-state index contributed by atoms with van der Waals surface area (Å²) < 4.78 is 39.1. The number of rotatable bonds is 8. The topological polar surface area (TPSA) is 97.8 Å². The first-order valence-corrected chi connectivity index (χ1v) is 13.0. The normalized spacial score (nSPS) is 14.7. The molecule has 1 amide bonds. The maximum atomic E-state index is 13.3. The molecule has 1 fully saturated rings. The molecule has 4 rings (SSSR count). The van der Waals surface area contributed by atoms with Crippen LogP contribution in [0.5, 0.6) is 5.75 Å². The van der Waals surface area contributed by atoms with Crippen molar-refractivity contribution in [3.8, 4) is 5.75 Å². The fraction of sp³-hybridized carbons (Fsp3) is 0.304. The molecule has 33 heavy (non-hydrogen) atoms. The molecule has 174 valence electrons. The predicted molar refractivity (Wildman–Crippen MR) is 126 cm³/mol. The third kappa shape index (κ3) is 5.41. The van der Waals surface area contributed by atoms with Crippen molar-refractivity contribution in [2.75, 3.05) is 31.6 Å². The molecule has 0 aliphatic carbocycles. The van der Waals surface area contributed by atoms with E-state index in [1.807, 2.05) is 18.4 Å². The van der Waals surface area contributed by atoms with Crippen LogP contribution in [0.15, 0.2) is 58.3 Å². The molecule has 1 aromatic heterocycles. The predicted octanol–water partition coefficient (Wildman–Crippen LogP) is 3.56. The maximum absolute atomic E-state index is 13.3. The highest BCUT2D eigenvalue weighted by Crippen LogP contribution is 2.27. The van der Waals surface area contributed by atoms with Crippen LogP contribution in [0, 0.1) is 0 Å². The van der Waals surface area contributed by atoms with Gasteiger partial charge < -0.3 is 14.8 Å². The summed E-state index contributed by atoms with van der Waals surface area (Å²) in [7, 11) is -3.73. The molecular formula is C23H25N3O5S2. The number of nitrogens with one attached hydrogen (secondary N) is 1. The van der Waals surface area contributed by atoms with Gasteiger partial charge in [-0.05, 0) is 36.2 Å². The molecule has 1 aliphatic rings. The van der Waals surface area contributed by atoms with Gasteiger partial charge >= 0.3 is 0 Å². The second-order valence-electron chi connectivity index (χ2n) is 7.41. The highest BCUT2D eigenvalue weighted by atomic mass is 32.2. The number of amides is 1. The Hall–Kier alpha value is -2.79. The molecule has 8 nitrogen and oxygen atoms in total. The minimum absolute atomic E-state index is 0.160. The standard InChI is InChI=1S/C23H25N3O5S2/c1-2-17-7-8-18(13-22(17)33(28,29)26-9-11-30-12-10-26)23(27)25-20-5-3-4-6-21(20)31-14-19-15-32-16-24-19/h3-8,13,15-16H,2,9-12,14H2,1H3,(H,25,27). The number of sulfonamides is 1. The number of thiazole rings is 1. The first-order chi connectivity index (χ1) is 16.0. The van der Waals surface area contributed by atoms with Crippen molar-refractivity contribution >= 4 is 33.0 Å². The minimum atomic E-state index is -3.73. The molecule has 0 spiro atoms. The van der Waals surface area contributed by atoms with Crippen LogP contribution in [-0.2, 0) is 27.8 Å². The molecule has 1 aliphatic heterocycles. The number of para-hydroxylation sites is 2. The lowest BCUT2D eigenvalue weighted by Gasteiger charge is -2.27. The lowest BCUT2D eigenvalue weighted by atomic mass is 10.1. The second-order valence-corrected chi connectivity index (χ2v) is 10.0. The van der Waals surface area contributed by atoms with E-state index in [2.05, 4.69) is 10.3 Å². The van der Waals surface area contributed by atoms with Crippen molar-refractivity contribution in [2.45, 2.75) is 24.8 Å². The summed E-state index contributed by atoms with van der Waals surface area (Å²) in [6, 6.07) is 11.9. The van der Waals surface area contributed by atoms with E-state index in [9.17, 15) is 13.2 Å². The van der Waals surface area contributed by atoms with Crippen LogP contribution in [0.2, 0.25) is 0 Å². The number of anilines is 1. The van der Waals surface area contributed by atoms with Gasteiger partial charge in [0.15, 0.2) is 0 Å². The third-order valence-electron chi connectivity index (χ3n) is 5.29. The van der Waals surface area contributed by atoms with Crippen LogP contribution < -0.4 is 10.1 Å². The van der Waals surface area contributed by atoms with E-state index in [4.69, 9.17) is 9.47 Å². The second kappa shape index (κ2) is 10.4. The fourth-order valence-electron chi connectivity index (χ4n) is 3.50. The number of carbonyl (C=O) groups is 1. The van der Waals surface area contributed by atoms with Crippen LogP contribution in [-0.4, -0.2) is 49.9 Å². The van der Waals surface area contributed by atoms with Crippen molar-refractivity contribution in [3.05, 3.63) is 70.2 Å². The van der Waals surface area contributed by atoms with Crippen molar-refractivity contribution < 1.29 is 22.7 Å². The van der Waals surface area contributed by atoms with Gasteiger partial charge in [0.05, 0.1) is 35.0 Å². The Kier molecular flexibility index (Phi) is 7.39. The Morgan fingerprint density at radius 1 is 1.21 bits per heavy atom. The Labute approximate surface area is 197 Å². The summed E-state index contributed by atoms with van der Waals surface area (Å²) in [5.74, 6) is 0.0889. The molecule has 0 bridgehead atoms. The molecule has 0 radical (unpaired) electrons. The van der Waals surface area contributed by atoms with Gasteiger partial charge in [0.1, 0.15) is 12.4 Å². The van der Waals surface area contributed by atoms with Crippen LogP contribution in [0.1, 0.15) is 28.5 Å². The lowest BCUT2D eigenvalue weighted by Crippen LogP contribution is -2.41. The molecule has 0 saturated carbocycles. The van der Waals surface area contributed by atoms with Gasteiger partial charge in [0.25, 0.3) is 5.91 Å². The first kappa shape index (κ1) is 23.4. The van der Waals surface area contributed by atoms with Crippen molar-refractivity contribution in [3.63, 3.8) is 0 Å². The molecule has 0 unspecified atom stereocenters. The number of ether oxygens (including phenoxy) is 2. The van der Waals surface area contributed by atoms with Crippen molar-refractivity contribution in [2.24, 2.45) is 0 Å². The number of aryl methyl sites for hydroxylation is 1. The van der Waals surface area contributed by atoms with Gasteiger partial charge in [0, 0.05) is 24.0 Å². The zero-order chi connectivity index (χ0) is 23.3. The van der Waals surface area contributed by atoms with E-state index >= 15 is 0 Å². The summed E-state index contributed by atoms with van der Waals surface area (Å²) in [6.45, 7) is 3.49. The molecular weight excluding hydrogens is 462 g/mol. The van der Waals surface area contributed by atoms with Gasteiger partial charge in [-0.25, -0.2) is 13.4 Å². The van der Waals surface area contributed by atoms with Gasteiger partial charge in [-0.3, -0.25) is 4.79 Å². The Bertz CT molecular complexity index is 1210. The summed E-state index contributed by atoms with van der Waals surface area (Å²) >= 11 is 1.48. The van der Waals surface area contributed by atoms with Gasteiger partial charge in [-0.15, -0.1) is 11.3 Å². The molecule has 0 atom stereocenters. The van der Waals surface area contributed by atoms with Crippen LogP contribution >= 0.6 is 11.3 Å². The smallest absolute Gasteiger partial charge is 0.255 e. The van der Waals surface area contributed by atoms with E-state index in [1.54, 1.807) is 35.8 Å². The summed E-state index contributed by atoms with van der Waals surface area (Å²) in [5.41, 5.74) is 3.96. The number of benzene rings is 2. The average Bonchev–Trinajstić information content (AvgIpc) is 3.37. The molecule has 1 N–H and O–H groups in total. The van der Waals surface area contributed by atoms with Crippen molar-refractivity contribution in [1.29, 1.82) is 0 Å². The van der Waals surface area contributed by atoms with Crippen LogP contribution in [0.3, 0.4) is 0 Å². The molecule has 2 heterocycles. The van der Waals surface area contributed by atoms with Crippen LogP contribution in [0.4, 0.5) is 5.69 Å². The monoisotopic (exact) mass is 487 g/mol.